The molecule has 0 aliphatic heterocycles. The summed E-state index contributed by atoms with van der Waals surface area (Å²) in [4.78, 5) is 17.1. The number of ether oxygens (including phenoxy) is 4. The molecule has 2 aromatic rings. The number of carbonyl (C=O) groups excluding carboxylic acids is 1. The molecule has 0 aromatic heterocycles. The number of benzene rings is 2. The Labute approximate surface area is 183 Å². The molecule has 0 aliphatic carbocycles. The molecule has 0 saturated carbocycles. The third-order valence-electron chi connectivity index (χ3n) is 4.65. The monoisotopic (exact) mass is 427 g/mol. The van der Waals surface area contributed by atoms with Gasteiger partial charge in [0.15, 0.2) is 0 Å². The van der Waals surface area contributed by atoms with Crippen LogP contribution in [0, 0.1) is 13.8 Å². The fourth-order valence-corrected chi connectivity index (χ4v) is 3.17. The molecule has 166 valence electrons. The molecule has 0 unspecified atom stereocenters. The van der Waals surface area contributed by atoms with Gasteiger partial charge in [0.1, 0.15) is 30.8 Å². The summed E-state index contributed by atoms with van der Waals surface area (Å²) in [7, 11) is 5.94. The molecule has 0 amide bonds. The molecule has 2 rings (SSSR count). The lowest BCUT2D eigenvalue weighted by atomic mass is 10.00. The van der Waals surface area contributed by atoms with Gasteiger partial charge in [-0.3, -0.25) is 0 Å². The SMILES string of the molecule is COC=C(C(=O)OC)c1ccccc1COc1cc(C)c(/C(COC)=N/OC)cc1C. The summed E-state index contributed by atoms with van der Waals surface area (Å²) >= 11 is 0. The maximum atomic E-state index is 12.2. The lowest BCUT2D eigenvalue weighted by Crippen LogP contribution is -2.12. The molecule has 0 atom stereocenters. The Morgan fingerprint density at radius 1 is 1.00 bits per heavy atom. The van der Waals surface area contributed by atoms with E-state index in [4.69, 9.17) is 23.8 Å². The van der Waals surface area contributed by atoms with Crippen LogP contribution in [0.5, 0.6) is 5.75 Å². The van der Waals surface area contributed by atoms with E-state index >= 15 is 0 Å². The number of nitrogens with zero attached hydrogens (tertiary/aromatic N) is 1. The second kappa shape index (κ2) is 11.8. The minimum absolute atomic E-state index is 0.269. The van der Waals surface area contributed by atoms with Crippen molar-refractivity contribution in [3.8, 4) is 5.75 Å². The minimum Gasteiger partial charge on any atom is -0.503 e. The van der Waals surface area contributed by atoms with Crippen LogP contribution in [0.3, 0.4) is 0 Å². The Bertz CT molecular complexity index is 965. The van der Waals surface area contributed by atoms with Crippen LogP contribution in [0.15, 0.2) is 47.8 Å². The van der Waals surface area contributed by atoms with E-state index in [1.54, 1.807) is 7.11 Å². The summed E-state index contributed by atoms with van der Waals surface area (Å²) in [5, 5.41) is 4.07. The van der Waals surface area contributed by atoms with E-state index in [2.05, 4.69) is 5.16 Å². The maximum Gasteiger partial charge on any atom is 0.341 e. The molecule has 31 heavy (non-hydrogen) atoms. The molecule has 2 aromatic carbocycles. The van der Waals surface area contributed by atoms with Gasteiger partial charge >= 0.3 is 5.97 Å². The van der Waals surface area contributed by atoms with E-state index in [1.165, 1.54) is 27.6 Å². The fraction of sp³-hybridized carbons (Fsp3) is 0.333. The van der Waals surface area contributed by atoms with Crippen molar-refractivity contribution in [2.24, 2.45) is 5.16 Å². The molecule has 0 radical (unpaired) electrons. The molecule has 0 fully saturated rings. The van der Waals surface area contributed by atoms with Crippen LogP contribution in [0.25, 0.3) is 5.57 Å². The Morgan fingerprint density at radius 2 is 1.74 bits per heavy atom. The third-order valence-corrected chi connectivity index (χ3v) is 4.65. The molecule has 0 bridgehead atoms. The number of carbonyl (C=O) groups is 1. The molecular formula is C24H29NO6. The molecule has 0 N–H and O–H groups in total. The first-order valence-electron chi connectivity index (χ1n) is 9.69. The fourth-order valence-electron chi connectivity index (χ4n) is 3.17. The Kier molecular flexibility index (Phi) is 9.09. The van der Waals surface area contributed by atoms with Gasteiger partial charge in [-0.15, -0.1) is 0 Å². The van der Waals surface area contributed by atoms with Crippen LogP contribution in [-0.2, 0) is 30.4 Å². The Morgan fingerprint density at radius 3 is 2.39 bits per heavy atom. The zero-order valence-electron chi connectivity index (χ0n) is 18.9. The van der Waals surface area contributed by atoms with Gasteiger partial charge in [0.25, 0.3) is 0 Å². The van der Waals surface area contributed by atoms with Crippen LogP contribution in [0.4, 0.5) is 0 Å². The summed E-state index contributed by atoms with van der Waals surface area (Å²) in [5.74, 6) is 0.259. The van der Waals surface area contributed by atoms with Gasteiger partial charge in [0.2, 0.25) is 0 Å². The zero-order chi connectivity index (χ0) is 22.8. The predicted molar refractivity (Wildman–Crippen MR) is 119 cm³/mol. The molecule has 7 nitrogen and oxygen atoms in total. The lowest BCUT2D eigenvalue weighted by Gasteiger charge is -2.16. The van der Waals surface area contributed by atoms with Crippen molar-refractivity contribution in [2.45, 2.75) is 20.5 Å². The summed E-state index contributed by atoms with van der Waals surface area (Å²) in [6.07, 6.45) is 1.38. The standard InChI is InChI=1S/C24H29NO6/c1-16-12-23(17(2)11-20(16)22(15-28-4)25-30-6)31-13-18-9-7-8-10-19(18)21(14-27-3)24(26)29-5/h7-12,14H,13,15H2,1-6H3/b21-14?,25-22+. The number of aryl methyl sites for hydroxylation is 2. The van der Waals surface area contributed by atoms with Gasteiger partial charge in [-0.25, -0.2) is 4.79 Å². The van der Waals surface area contributed by atoms with Gasteiger partial charge in [-0.05, 0) is 48.2 Å². The normalized spacial score (nSPS) is 11.8. The highest BCUT2D eigenvalue weighted by atomic mass is 16.6. The summed E-state index contributed by atoms with van der Waals surface area (Å²) < 4.78 is 21.3. The Balaban J connectivity index is 2.32. The van der Waals surface area contributed by atoms with E-state index in [1.807, 2.05) is 50.2 Å². The summed E-state index contributed by atoms with van der Waals surface area (Å²) in [6.45, 7) is 4.55. The molecule has 0 aliphatic rings. The van der Waals surface area contributed by atoms with Gasteiger partial charge in [-0.1, -0.05) is 29.4 Å². The highest BCUT2D eigenvalue weighted by molar-refractivity contribution is 6.16. The van der Waals surface area contributed by atoms with Crippen molar-refractivity contribution in [1.82, 2.24) is 0 Å². The van der Waals surface area contributed by atoms with Crippen molar-refractivity contribution < 1.29 is 28.6 Å². The first kappa shape index (κ1) is 24.0. The molecular weight excluding hydrogens is 398 g/mol. The predicted octanol–water partition coefficient (Wildman–Crippen LogP) is 4.04. The highest BCUT2D eigenvalue weighted by Gasteiger charge is 2.18. The van der Waals surface area contributed by atoms with E-state index in [9.17, 15) is 4.79 Å². The highest BCUT2D eigenvalue weighted by Crippen LogP contribution is 2.27. The first-order chi connectivity index (χ1) is 15.0. The van der Waals surface area contributed by atoms with Crippen molar-refractivity contribution in [2.75, 3.05) is 35.0 Å². The number of esters is 1. The van der Waals surface area contributed by atoms with Crippen molar-refractivity contribution >= 4 is 17.3 Å². The average molecular weight is 427 g/mol. The second-order valence-corrected chi connectivity index (χ2v) is 6.79. The van der Waals surface area contributed by atoms with Gasteiger partial charge in [0, 0.05) is 12.7 Å². The largest absolute Gasteiger partial charge is 0.503 e. The van der Waals surface area contributed by atoms with E-state index in [-0.39, 0.29) is 6.61 Å². The van der Waals surface area contributed by atoms with Crippen LogP contribution in [0.2, 0.25) is 0 Å². The number of hydrogen-bond donors (Lipinski definition) is 0. The number of rotatable bonds is 10. The van der Waals surface area contributed by atoms with Crippen molar-refractivity contribution in [3.05, 3.63) is 70.5 Å². The molecule has 0 saturated heterocycles. The van der Waals surface area contributed by atoms with Gasteiger partial charge in [0.05, 0.1) is 27.1 Å². The average Bonchev–Trinajstić information content (AvgIpc) is 2.77. The minimum atomic E-state index is -0.478. The van der Waals surface area contributed by atoms with Crippen LogP contribution in [-0.4, -0.2) is 46.7 Å². The van der Waals surface area contributed by atoms with Gasteiger partial charge < -0.3 is 23.8 Å². The number of methoxy groups -OCH3 is 3. The second-order valence-electron chi connectivity index (χ2n) is 6.79. The van der Waals surface area contributed by atoms with Crippen molar-refractivity contribution in [3.63, 3.8) is 0 Å². The summed E-state index contributed by atoms with van der Waals surface area (Å²) in [5.41, 5.74) is 5.41. The van der Waals surface area contributed by atoms with Crippen LogP contribution < -0.4 is 4.74 Å². The topological polar surface area (TPSA) is 75.6 Å². The smallest absolute Gasteiger partial charge is 0.341 e. The third kappa shape index (κ3) is 6.08. The molecule has 7 heteroatoms. The quantitative estimate of drug-likeness (QED) is 0.187. The maximum absolute atomic E-state index is 12.2. The van der Waals surface area contributed by atoms with Crippen molar-refractivity contribution in [1.29, 1.82) is 0 Å². The molecule has 0 spiro atoms. The van der Waals surface area contributed by atoms with E-state index < -0.39 is 5.97 Å². The van der Waals surface area contributed by atoms with Crippen LogP contribution >= 0.6 is 0 Å². The first-order valence-corrected chi connectivity index (χ1v) is 9.69. The zero-order valence-corrected chi connectivity index (χ0v) is 18.9. The summed E-state index contributed by atoms with van der Waals surface area (Å²) in [6, 6.07) is 11.4. The Hall–Kier alpha value is -3.32. The van der Waals surface area contributed by atoms with E-state index in [0.717, 1.165) is 28.0 Å². The van der Waals surface area contributed by atoms with Gasteiger partial charge in [-0.2, -0.15) is 0 Å². The number of hydrogen-bond acceptors (Lipinski definition) is 7. The lowest BCUT2D eigenvalue weighted by molar-refractivity contribution is -0.133. The van der Waals surface area contributed by atoms with Crippen LogP contribution in [0.1, 0.15) is 27.8 Å². The van der Waals surface area contributed by atoms with E-state index in [0.29, 0.717) is 23.5 Å². The molecule has 0 heterocycles. The number of oxime groups is 1.